The number of rotatable bonds is 1. The van der Waals surface area contributed by atoms with Gasteiger partial charge in [0, 0.05) is 32.3 Å². The van der Waals surface area contributed by atoms with Gasteiger partial charge in [-0.25, -0.2) is 0 Å². The SMILES string of the molecule is CN1CCCN(C2CCOCC2)CC1. The van der Waals surface area contributed by atoms with Crippen LogP contribution in [-0.2, 0) is 4.74 Å². The molecule has 0 saturated carbocycles. The van der Waals surface area contributed by atoms with Gasteiger partial charge in [0.1, 0.15) is 0 Å². The van der Waals surface area contributed by atoms with Gasteiger partial charge in [-0.3, -0.25) is 4.90 Å². The van der Waals surface area contributed by atoms with Gasteiger partial charge in [0.15, 0.2) is 0 Å². The Labute approximate surface area is 87.0 Å². The second-order valence-corrected chi connectivity index (χ2v) is 4.54. The number of likely N-dealkylation sites (N-methyl/N-ethyl adjacent to an activating group) is 1. The first-order chi connectivity index (χ1) is 6.86. The molecule has 2 aliphatic rings. The van der Waals surface area contributed by atoms with Gasteiger partial charge in [-0.1, -0.05) is 0 Å². The van der Waals surface area contributed by atoms with Gasteiger partial charge >= 0.3 is 0 Å². The van der Waals surface area contributed by atoms with E-state index in [0.29, 0.717) is 0 Å². The van der Waals surface area contributed by atoms with Gasteiger partial charge in [-0.15, -0.1) is 0 Å². The van der Waals surface area contributed by atoms with Crippen LogP contribution in [0.25, 0.3) is 0 Å². The van der Waals surface area contributed by atoms with Crippen LogP contribution in [0.4, 0.5) is 0 Å². The summed E-state index contributed by atoms with van der Waals surface area (Å²) in [4.78, 5) is 5.12. The third-order valence-corrected chi connectivity index (χ3v) is 3.46. The van der Waals surface area contributed by atoms with Crippen molar-refractivity contribution in [1.82, 2.24) is 9.80 Å². The summed E-state index contributed by atoms with van der Waals surface area (Å²) in [6.07, 6.45) is 3.81. The average Bonchev–Trinajstić information content (AvgIpc) is 2.44. The zero-order valence-corrected chi connectivity index (χ0v) is 9.24. The van der Waals surface area contributed by atoms with Crippen LogP contribution in [0.1, 0.15) is 19.3 Å². The molecule has 0 aromatic heterocycles. The Balaban J connectivity index is 1.83. The molecular weight excluding hydrogens is 176 g/mol. The molecule has 2 heterocycles. The Morgan fingerprint density at radius 2 is 1.79 bits per heavy atom. The molecule has 2 rings (SSSR count). The minimum atomic E-state index is 0.801. The summed E-state index contributed by atoms with van der Waals surface area (Å²) in [5.41, 5.74) is 0. The molecule has 0 aliphatic carbocycles. The van der Waals surface area contributed by atoms with Gasteiger partial charge in [-0.05, 0) is 39.4 Å². The first kappa shape index (κ1) is 10.4. The first-order valence-corrected chi connectivity index (χ1v) is 5.86. The highest BCUT2D eigenvalue weighted by atomic mass is 16.5. The predicted molar refractivity (Wildman–Crippen MR) is 57.5 cm³/mol. The fourth-order valence-electron chi connectivity index (χ4n) is 2.48. The van der Waals surface area contributed by atoms with E-state index in [4.69, 9.17) is 4.74 Å². The fraction of sp³-hybridized carbons (Fsp3) is 1.00. The van der Waals surface area contributed by atoms with Crippen molar-refractivity contribution in [2.45, 2.75) is 25.3 Å². The molecule has 0 aromatic rings. The summed E-state index contributed by atoms with van der Waals surface area (Å²) in [7, 11) is 2.23. The van der Waals surface area contributed by atoms with Crippen LogP contribution in [0.2, 0.25) is 0 Å². The minimum absolute atomic E-state index is 0.801. The summed E-state index contributed by atoms with van der Waals surface area (Å²) in [5, 5.41) is 0. The molecule has 2 saturated heterocycles. The molecule has 0 bridgehead atoms. The zero-order valence-electron chi connectivity index (χ0n) is 9.24. The van der Waals surface area contributed by atoms with Gasteiger partial charge < -0.3 is 9.64 Å². The molecule has 0 spiro atoms. The van der Waals surface area contributed by atoms with E-state index in [-0.39, 0.29) is 0 Å². The molecule has 3 nitrogen and oxygen atoms in total. The predicted octanol–water partition coefficient (Wildman–Crippen LogP) is 0.803. The van der Waals surface area contributed by atoms with Crippen LogP contribution in [0.15, 0.2) is 0 Å². The van der Waals surface area contributed by atoms with Gasteiger partial charge in [-0.2, -0.15) is 0 Å². The minimum Gasteiger partial charge on any atom is -0.381 e. The molecular formula is C11H22N2O. The standard InChI is InChI=1S/C11H22N2O/c1-12-5-2-6-13(8-7-12)11-3-9-14-10-4-11/h11H,2-10H2,1H3. The van der Waals surface area contributed by atoms with Crippen LogP contribution in [0, 0.1) is 0 Å². The molecule has 3 heteroatoms. The van der Waals surface area contributed by atoms with Gasteiger partial charge in [0.2, 0.25) is 0 Å². The Bertz CT molecular complexity index is 169. The van der Waals surface area contributed by atoms with Crippen molar-refractivity contribution in [2.24, 2.45) is 0 Å². The normalized spacial score (nSPS) is 28.9. The van der Waals surface area contributed by atoms with Crippen molar-refractivity contribution >= 4 is 0 Å². The lowest BCUT2D eigenvalue weighted by Crippen LogP contribution is -2.41. The lowest BCUT2D eigenvalue weighted by molar-refractivity contribution is 0.0356. The maximum atomic E-state index is 5.41. The Hall–Kier alpha value is -0.120. The molecule has 0 aromatic carbocycles. The van der Waals surface area contributed by atoms with Crippen LogP contribution in [-0.4, -0.2) is 62.3 Å². The molecule has 0 amide bonds. The quantitative estimate of drug-likeness (QED) is 0.620. The number of hydrogen-bond acceptors (Lipinski definition) is 3. The van der Waals surface area contributed by atoms with Gasteiger partial charge in [0.25, 0.3) is 0 Å². The second kappa shape index (κ2) is 5.10. The lowest BCUT2D eigenvalue weighted by Gasteiger charge is -2.33. The van der Waals surface area contributed by atoms with Crippen molar-refractivity contribution in [2.75, 3.05) is 46.4 Å². The Kier molecular flexibility index (Phi) is 3.79. The van der Waals surface area contributed by atoms with Crippen LogP contribution in [0.5, 0.6) is 0 Å². The van der Waals surface area contributed by atoms with E-state index in [1.54, 1.807) is 0 Å². The maximum Gasteiger partial charge on any atom is 0.0480 e. The third kappa shape index (κ3) is 2.69. The summed E-state index contributed by atoms with van der Waals surface area (Å²) >= 11 is 0. The summed E-state index contributed by atoms with van der Waals surface area (Å²) < 4.78 is 5.41. The smallest absolute Gasteiger partial charge is 0.0480 e. The van der Waals surface area contributed by atoms with Crippen LogP contribution in [0.3, 0.4) is 0 Å². The third-order valence-electron chi connectivity index (χ3n) is 3.46. The average molecular weight is 198 g/mol. The van der Waals surface area contributed by atoms with Crippen LogP contribution < -0.4 is 0 Å². The van der Waals surface area contributed by atoms with Crippen molar-refractivity contribution in [3.8, 4) is 0 Å². The van der Waals surface area contributed by atoms with E-state index >= 15 is 0 Å². The molecule has 14 heavy (non-hydrogen) atoms. The molecule has 2 aliphatic heterocycles. The van der Waals surface area contributed by atoms with Crippen molar-refractivity contribution in [3.63, 3.8) is 0 Å². The van der Waals surface area contributed by atoms with E-state index in [9.17, 15) is 0 Å². The van der Waals surface area contributed by atoms with E-state index in [1.807, 2.05) is 0 Å². The lowest BCUT2D eigenvalue weighted by atomic mass is 10.1. The highest BCUT2D eigenvalue weighted by Gasteiger charge is 2.22. The number of nitrogens with zero attached hydrogens (tertiary/aromatic N) is 2. The maximum absolute atomic E-state index is 5.41. The van der Waals surface area contributed by atoms with E-state index in [2.05, 4.69) is 16.8 Å². The summed E-state index contributed by atoms with van der Waals surface area (Å²) in [6.45, 7) is 6.97. The Morgan fingerprint density at radius 1 is 1.00 bits per heavy atom. The highest BCUT2D eigenvalue weighted by molar-refractivity contribution is 4.77. The molecule has 0 radical (unpaired) electrons. The second-order valence-electron chi connectivity index (χ2n) is 4.54. The van der Waals surface area contributed by atoms with E-state index < -0.39 is 0 Å². The molecule has 2 fully saturated rings. The number of ether oxygens (including phenoxy) is 1. The largest absolute Gasteiger partial charge is 0.381 e. The topological polar surface area (TPSA) is 15.7 Å². The number of hydrogen-bond donors (Lipinski definition) is 0. The molecule has 0 atom stereocenters. The van der Waals surface area contributed by atoms with Crippen molar-refractivity contribution in [3.05, 3.63) is 0 Å². The molecule has 0 N–H and O–H groups in total. The molecule has 0 unspecified atom stereocenters. The van der Waals surface area contributed by atoms with Crippen molar-refractivity contribution in [1.29, 1.82) is 0 Å². The monoisotopic (exact) mass is 198 g/mol. The van der Waals surface area contributed by atoms with E-state index in [1.165, 1.54) is 45.4 Å². The van der Waals surface area contributed by atoms with Gasteiger partial charge in [0.05, 0.1) is 0 Å². The highest BCUT2D eigenvalue weighted by Crippen LogP contribution is 2.16. The Morgan fingerprint density at radius 3 is 2.57 bits per heavy atom. The first-order valence-electron chi connectivity index (χ1n) is 5.86. The summed E-state index contributed by atoms with van der Waals surface area (Å²) in [6, 6.07) is 0.801. The van der Waals surface area contributed by atoms with Crippen LogP contribution >= 0.6 is 0 Å². The van der Waals surface area contributed by atoms with Crippen molar-refractivity contribution < 1.29 is 4.74 Å². The fourth-order valence-corrected chi connectivity index (χ4v) is 2.48. The van der Waals surface area contributed by atoms with E-state index in [0.717, 1.165) is 19.3 Å². The zero-order chi connectivity index (χ0) is 9.80. The summed E-state index contributed by atoms with van der Waals surface area (Å²) in [5.74, 6) is 0. The molecule has 82 valence electrons.